The Hall–Kier alpha value is -2.36. The Morgan fingerprint density at radius 1 is 0.909 bits per heavy atom. The van der Waals surface area contributed by atoms with Gasteiger partial charge in [0.05, 0.1) is 17.8 Å². The highest BCUT2D eigenvalue weighted by molar-refractivity contribution is 5.79. The van der Waals surface area contributed by atoms with Gasteiger partial charge in [0.15, 0.2) is 0 Å². The van der Waals surface area contributed by atoms with E-state index in [0.29, 0.717) is 0 Å². The maximum Gasteiger partial charge on any atom is 0.0807 e. The van der Waals surface area contributed by atoms with Crippen LogP contribution in [0, 0.1) is 0 Å². The minimum Gasteiger partial charge on any atom is -0.287 e. The van der Waals surface area contributed by atoms with Crippen molar-refractivity contribution < 1.29 is 0 Å². The molecule has 0 radical (unpaired) electrons. The maximum absolute atomic E-state index is 4.75. The molecular formula is C18H20N4. The van der Waals surface area contributed by atoms with E-state index in [9.17, 15) is 0 Å². The molecule has 1 aliphatic carbocycles. The molecule has 0 aromatic carbocycles. The van der Waals surface area contributed by atoms with Gasteiger partial charge in [0.25, 0.3) is 0 Å². The first-order chi connectivity index (χ1) is 10.9. The van der Waals surface area contributed by atoms with Crippen molar-refractivity contribution in [3.05, 3.63) is 60.2 Å². The minimum atomic E-state index is 0.253. The molecule has 2 heterocycles. The topological polar surface area (TPSA) is 50.5 Å². The summed E-state index contributed by atoms with van der Waals surface area (Å²) in [5, 5.41) is 0. The Balaban J connectivity index is 1.69. The van der Waals surface area contributed by atoms with Crippen LogP contribution in [-0.2, 0) is 0 Å². The molecule has 0 amide bonds. The third kappa shape index (κ3) is 4.07. The summed E-state index contributed by atoms with van der Waals surface area (Å²) in [6.07, 6.45) is 13.8. The summed E-state index contributed by atoms with van der Waals surface area (Å²) in [5.74, 6) is 0. The van der Waals surface area contributed by atoms with Crippen molar-refractivity contribution in [3.63, 3.8) is 0 Å². The fourth-order valence-electron chi connectivity index (χ4n) is 2.70. The van der Waals surface area contributed by atoms with E-state index in [1.165, 1.54) is 12.8 Å². The summed E-state index contributed by atoms with van der Waals surface area (Å²) in [6, 6.07) is 10.3. The number of pyridine rings is 2. The monoisotopic (exact) mass is 292 g/mol. The summed E-state index contributed by atoms with van der Waals surface area (Å²) >= 11 is 0. The lowest BCUT2D eigenvalue weighted by Crippen LogP contribution is -2.27. The predicted octanol–water partition coefficient (Wildman–Crippen LogP) is 3.33. The fraction of sp³-hybridized carbons (Fsp3) is 0.333. The van der Waals surface area contributed by atoms with Crippen molar-refractivity contribution in [2.24, 2.45) is 9.98 Å². The van der Waals surface area contributed by atoms with Crippen LogP contribution in [0.2, 0.25) is 0 Å². The zero-order valence-electron chi connectivity index (χ0n) is 12.5. The van der Waals surface area contributed by atoms with Crippen LogP contribution in [0.15, 0.2) is 58.9 Å². The summed E-state index contributed by atoms with van der Waals surface area (Å²) in [7, 11) is 0. The summed E-state index contributed by atoms with van der Waals surface area (Å²) in [5.41, 5.74) is 1.95. The largest absolute Gasteiger partial charge is 0.287 e. The molecule has 0 N–H and O–H groups in total. The van der Waals surface area contributed by atoms with Gasteiger partial charge >= 0.3 is 0 Å². The molecule has 1 aliphatic rings. The second kappa shape index (κ2) is 7.59. The minimum absolute atomic E-state index is 0.253. The highest BCUT2D eigenvalue weighted by atomic mass is 14.9. The Kier molecular flexibility index (Phi) is 5.03. The van der Waals surface area contributed by atoms with Crippen molar-refractivity contribution in [2.75, 3.05) is 0 Å². The lowest BCUT2D eigenvalue weighted by Gasteiger charge is -2.25. The molecule has 22 heavy (non-hydrogen) atoms. The molecule has 3 rings (SSSR count). The zero-order valence-corrected chi connectivity index (χ0v) is 12.5. The van der Waals surface area contributed by atoms with Crippen LogP contribution >= 0.6 is 0 Å². The first-order valence-corrected chi connectivity index (χ1v) is 7.79. The van der Waals surface area contributed by atoms with E-state index in [1.54, 1.807) is 12.4 Å². The number of rotatable bonds is 4. The van der Waals surface area contributed by atoms with Crippen LogP contribution in [0.5, 0.6) is 0 Å². The van der Waals surface area contributed by atoms with Gasteiger partial charge in [-0.25, -0.2) is 0 Å². The Labute approximate surface area is 131 Å². The van der Waals surface area contributed by atoms with Crippen molar-refractivity contribution in [3.8, 4) is 0 Å². The fourth-order valence-corrected chi connectivity index (χ4v) is 2.70. The number of hydrogen-bond acceptors (Lipinski definition) is 4. The number of aromatic nitrogens is 2. The molecule has 2 aromatic heterocycles. The van der Waals surface area contributed by atoms with Crippen LogP contribution in [-0.4, -0.2) is 34.5 Å². The molecule has 0 spiro atoms. The highest BCUT2D eigenvalue weighted by Gasteiger charge is 2.23. The van der Waals surface area contributed by atoms with E-state index in [2.05, 4.69) is 9.97 Å². The number of aliphatic imine (C=N–C) groups is 2. The lowest BCUT2D eigenvalue weighted by molar-refractivity contribution is 0.390. The lowest BCUT2D eigenvalue weighted by atomic mass is 9.91. The number of nitrogens with zero attached hydrogens (tertiary/aromatic N) is 4. The van der Waals surface area contributed by atoms with Crippen LogP contribution in [0.25, 0.3) is 0 Å². The van der Waals surface area contributed by atoms with Gasteiger partial charge in [-0.15, -0.1) is 0 Å². The van der Waals surface area contributed by atoms with E-state index in [1.807, 2.05) is 49.0 Å². The summed E-state index contributed by atoms with van der Waals surface area (Å²) < 4.78 is 0. The van der Waals surface area contributed by atoms with Gasteiger partial charge in [-0.2, -0.15) is 0 Å². The van der Waals surface area contributed by atoms with E-state index in [0.717, 1.165) is 24.1 Å². The Bertz CT molecular complexity index is 565. The van der Waals surface area contributed by atoms with Gasteiger partial charge in [-0.05, 0) is 31.0 Å². The molecule has 112 valence electrons. The maximum atomic E-state index is 4.75. The molecule has 0 unspecified atom stereocenters. The third-order valence-corrected chi connectivity index (χ3v) is 3.88. The van der Waals surface area contributed by atoms with Crippen LogP contribution in [0.4, 0.5) is 0 Å². The molecular weight excluding hydrogens is 272 g/mol. The summed E-state index contributed by atoms with van der Waals surface area (Å²) in [6.45, 7) is 0. The third-order valence-electron chi connectivity index (χ3n) is 3.88. The summed E-state index contributed by atoms with van der Waals surface area (Å²) in [4.78, 5) is 17.9. The average molecular weight is 292 g/mol. The van der Waals surface area contributed by atoms with Crippen LogP contribution < -0.4 is 0 Å². The molecule has 4 heteroatoms. The van der Waals surface area contributed by atoms with Crippen LogP contribution in [0.3, 0.4) is 0 Å². The first-order valence-electron chi connectivity index (χ1n) is 7.79. The smallest absolute Gasteiger partial charge is 0.0807 e. The van der Waals surface area contributed by atoms with E-state index in [-0.39, 0.29) is 12.1 Å². The van der Waals surface area contributed by atoms with E-state index >= 15 is 0 Å². The second-order valence-corrected chi connectivity index (χ2v) is 5.52. The normalized spacial score (nSPS) is 22.4. The van der Waals surface area contributed by atoms with Crippen molar-refractivity contribution in [2.45, 2.75) is 37.8 Å². The van der Waals surface area contributed by atoms with Crippen molar-refractivity contribution >= 4 is 12.4 Å². The van der Waals surface area contributed by atoms with Gasteiger partial charge < -0.3 is 0 Å². The SMILES string of the molecule is C(=N[C@H]1CCCC[C@@H]1N=Cc1ccccn1)c1cccnc1. The van der Waals surface area contributed by atoms with Gasteiger partial charge in [0.2, 0.25) is 0 Å². The molecule has 0 aliphatic heterocycles. The van der Waals surface area contributed by atoms with Crippen molar-refractivity contribution in [1.82, 2.24) is 9.97 Å². The van der Waals surface area contributed by atoms with Gasteiger partial charge in [-0.3, -0.25) is 20.0 Å². The molecule has 1 saturated carbocycles. The highest BCUT2D eigenvalue weighted by Crippen LogP contribution is 2.23. The predicted molar refractivity (Wildman–Crippen MR) is 89.7 cm³/mol. The van der Waals surface area contributed by atoms with Gasteiger partial charge in [0.1, 0.15) is 0 Å². The quantitative estimate of drug-likeness (QED) is 0.812. The van der Waals surface area contributed by atoms with Crippen molar-refractivity contribution in [1.29, 1.82) is 0 Å². The zero-order chi connectivity index (χ0) is 15.0. The first kappa shape index (κ1) is 14.6. The Morgan fingerprint density at radius 2 is 1.73 bits per heavy atom. The van der Waals surface area contributed by atoms with E-state index < -0.39 is 0 Å². The Morgan fingerprint density at radius 3 is 2.41 bits per heavy atom. The van der Waals surface area contributed by atoms with Gasteiger partial charge in [0, 0.05) is 36.6 Å². The molecule has 0 bridgehead atoms. The van der Waals surface area contributed by atoms with Gasteiger partial charge in [-0.1, -0.05) is 25.0 Å². The molecule has 4 nitrogen and oxygen atoms in total. The molecule has 2 atom stereocenters. The standard InChI is InChI=1S/C18H20N4/c1-2-9-18(22-14-16-7-3-4-11-20-16)17(8-1)21-13-15-6-5-10-19-12-15/h3-7,10-14,17-18H,1-2,8-9H2/t17-,18-/m0/s1. The molecule has 2 aromatic rings. The number of hydrogen-bond donors (Lipinski definition) is 0. The average Bonchev–Trinajstić information content (AvgIpc) is 2.61. The van der Waals surface area contributed by atoms with E-state index in [4.69, 9.17) is 9.98 Å². The molecule has 0 saturated heterocycles. The second-order valence-electron chi connectivity index (χ2n) is 5.52. The molecule has 1 fully saturated rings. The van der Waals surface area contributed by atoms with Crippen LogP contribution in [0.1, 0.15) is 36.9 Å².